The Labute approximate surface area is 121 Å². The predicted octanol–water partition coefficient (Wildman–Crippen LogP) is 2.56. The third-order valence-electron chi connectivity index (χ3n) is 5.01. The van der Waals surface area contributed by atoms with Crippen LogP contribution < -0.4 is 10.6 Å². The molecule has 20 heavy (non-hydrogen) atoms. The van der Waals surface area contributed by atoms with Crippen molar-refractivity contribution in [3.63, 3.8) is 0 Å². The lowest BCUT2D eigenvalue weighted by Gasteiger charge is -2.24. The van der Waals surface area contributed by atoms with Gasteiger partial charge < -0.3 is 10.6 Å². The first kappa shape index (κ1) is 13.6. The molecule has 0 radical (unpaired) electrons. The highest BCUT2D eigenvalue weighted by Crippen LogP contribution is 2.58. The molecular formula is C17H24N2O. The molecule has 1 saturated carbocycles. The van der Waals surface area contributed by atoms with Crippen molar-refractivity contribution in [3.05, 3.63) is 35.4 Å². The van der Waals surface area contributed by atoms with Gasteiger partial charge in [-0.3, -0.25) is 4.79 Å². The second-order valence-corrected chi connectivity index (χ2v) is 6.51. The molecule has 1 unspecified atom stereocenters. The van der Waals surface area contributed by atoms with E-state index >= 15 is 0 Å². The van der Waals surface area contributed by atoms with Crippen LogP contribution in [0.4, 0.5) is 0 Å². The van der Waals surface area contributed by atoms with Crippen molar-refractivity contribution in [2.45, 2.75) is 39.2 Å². The van der Waals surface area contributed by atoms with E-state index < -0.39 is 0 Å². The summed E-state index contributed by atoms with van der Waals surface area (Å²) in [5.74, 6) is 0.498. The van der Waals surface area contributed by atoms with Crippen molar-refractivity contribution in [3.8, 4) is 0 Å². The molecule has 2 N–H and O–H groups in total. The molecule has 0 aromatic heterocycles. The Hall–Kier alpha value is -1.35. The van der Waals surface area contributed by atoms with E-state index in [-0.39, 0.29) is 17.9 Å². The number of aryl methyl sites for hydroxylation is 1. The van der Waals surface area contributed by atoms with E-state index in [1.165, 1.54) is 11.1 Å². The maximum atomic E-state index is 12.4. The summed E-state index contributed by atoms with van der Waals surface area (Å²) in [6.45, 7) is 6.29. The minimum atomic E-state index is 0.0989. The molecule has 1 saturated heterocycles. The Kier molecular flexibility index (Phi) is 3.55. The molecular weight excluding hydrogens is 248 g/mol. The number of hydrogen-bond acceptors (Lipinski definition) is 2. The average Bonchev–Trinajstić information content (AvgIpc) is 3.13. The number of carbonyl (C=O) groups is 1. The van der Waals surface area contributed by atoms with Crippen molar-refractivity contribution >= 4 is 5.91 Å². The molecule has 1 aliphatic carbocycles. The lowest BCUT2D eigenvalue weighted by Crippen LogP contribution is -2.34. The monoisotopic (exact) mass is 272 g/mol. The van der Waals surface area contributed by atoms with E-state index in [2.05, 4.69) is 48.7 Å². The highest BCUT2D eigenvalue weighted by molar-refractivity contribution is 5.83. The summed E-state index contributed by atoms with van der Waals surface area (Å²) in [6, 6.07) is 8.48. The molecule has 3 heteroatoms. The van der Waals surface area contributed by atoms with Crippen molar-refractivity contribution < 1.29 is 4.79 Å². The van der Waals surface area contributed by atoms with E-state index in [0.29, 0.717) is 5.41 Å². The van der Waals surface area contributed by atoms with Crippen LogP contribution in [0.1, 0.15) is 43.4 Å². The number of hydrogen-bond donors (Lipinski definition) is 2. The van der Waals surface area contributed by atoms with Gasteiger partial charge in [-0.25, -0.2) is 0 Å². The van der Waals surface area contributed by atoms with E-state index in [1.54, 1.807) is 0 Å². The fourth-order valence-corrected chi connectivity index (χ4v) is 3.53. The van der Waals surface area contributed by atoms with Gasteiger partial charge in [0.25, 0.3) is 0 Å². The van der Waals surface area contributed by atoms with Crippen molar-refractivity contribution in [1.29, 1.82) is 0 Å². The number of piperidine rings is 1. The van der Waals surface area contributed by atoms with Gasteiger partial charge in [0.05, 0.1) is 6.04 Å². The van der Waals surface area contributed by atoms with Gasteiger partial charge in [0, 0.05) is 5.92 Å². The summed E-state index contributed by atoms with van der Waals surface area (Å²) in [6.07, 6.45) is 3.40. The third kappa shape index (κ3) is 2.59. The van der Waals surface area contributed by atoms with Gasteiger partial charge in [-0.2, -0.15) is 0 Å². The summed E-state index contributed by atoms with van der Waals surface area (Å²) in [5.41, 5.74) is 2.75. The molecule has 3 nitrogen and oxygen atoms in total. The van der Waals surface area contributed by atoms with Gasteiger partial charge in [-0.1, -0.05) is 29.8 Å². The fourth-order valence-electron chi connectivity index (χ4n) is 3.53. The summed E-state index contributed by atoms with van der Waals surface area (Å²) in [4.78, 5) is 12.4. The predicted molar refractivity (Wildman–Crippen MR) is 80.4 cm³/mol. The van der Waals surface area contributed by atoms with Crippen LogP contribution in [0.15, 0.2) is 24.3 Å². The van der Waals surface area contributed by atoms with Crippen LogP contribution in [0.25, 0.3) is 0 Å². The molecule has 1 aromatic carbocycles. The third-order valence-corrected chi connectivity index (χ3v) is 5.01. The minimum Gasteiger partial charge on any atom is -0.349 e. The van der Waals surface area contributed by atoms with Crippen molar-refractivity contribution in [2.75, 3.05) is 13.1 Å². The summed E-state index contributed by atoms with van der Waals surface area (Å²) >= 11 is 0. The second-order valence-electron chi connectivity index (χ2n) is 6.51. The summed E-state index contributed by atoms with van der Waals surface area (Å²) in [7, 11) is 0. The number of nitrogens with one attached hydrogen (secondary N) is 2. The first-order chi connectivity index (χ1) is 9.61. The number of amides is 1. The van der Waals surface area contributed by atoms with Gasteiger partial charge >= 0.3 is 0 Å². The first-order valence-corrected chi connectivity index (χ1v) is 7.68. The summed E-state index contributed by atoms with van der Waals surface area (Å²) < 4.78 is 0. The van der Waals surface area contributed by atoms with E-state index in [0.717, 1.165) is 32.4 Å². The Morgan fingerprint density at radius 1 is 1.40 bits per heavy atom. The number of benzene rings is 1. The molecule has 1 amide bonds. The molecule has 2 atom stereocenters. The molecule has 2 fully saturated rings. The van der Waals surface area contributed by atoms with Crippen LogP contribution in [0, 0.1) is 18.3 Å². The van der Waals surface area contributed by atoms with Gasteiger partial charge in [-0.15, -0.1) is 0 Å². The standard InChI is InChI=1S/C17H24N2O/c1-12-4-3-5-14(10-12)13(2)19-16(20)15-11-17(15)6-8-18-9-7-17/h3-5,10,13,15,18H,6-9,11H2,1-2H3,(H,19,20)/t13-,15?/m0/s1. The van der Waals surface area contributed by atoms with Gasteiger partial charge in [-0.05, 0) is 57.2 Å². The van der Waals surface area contributed by atoms with E-state index in [1.807, 2.05) is 0 Å². The molecule has 108 valence electrons. The molecule has 2 aliphatic rings. The van der Waals surface area contributed by atoms with Gasteiger partial charge in [0.2, 0.25) is 5.91 Å². The Bertz CT molecular complexity index is 505. The summed E-state index contributed by atoms with van der Waals surface area (Å²) in [5, 5.41) is 6.58. The van der Waals surface area contributed by atoms with Crippen LogP contribution >= 0.6 is 0 Å². The quantitative estimate of drug-likeness (QED) is 0.888. The maximum absolute atomic E-state index is 12.4. The van der Waals surface area contributed by atoms with Crippen molar-refractivity contribution in [2.24, 2.45) is 11.3 Å². The topological polar surface area (TPSA) is 41.1 Å². The molecule has 3 rings (SSSR count). The number of carbonyl (C=O) groups excluding carboxylic acids is 1. The molecule has 1 aliphatic heterocycles. The van der Waals surface area contributed by atoms with Gasteiger partial charge in [0.1, 0.15) is 0 Å². The van der Waals surface area contributed by atoms with Crippen LogP contribution in [0.2, 0.25) is 0 Å². The SMILES string of the molecule is Cc1cccc([C@H](C)NC(=O)C2CC23CCNCC3)c1. The molecule has 1 spiro atoms. The lowest BCUT2D eigenvalue weighted by molar-refractivity contribution is -0.123. The second kappa shape index (κ2) is 5.21. The van der Waals surface area contributed by atoms with Crippen molar-refractivity contribution in [1.82, 2.24) is 10.6 Å². The Balaban J connectivity index is 1.60. The first-order valence-electron chi connectivity index (χ1n) is 7.68. The zero-order chi connectivity index (χ0) is 14.2. The highest BCUT2D eigenvalue weighted by Gasteiger charge is 2.57. The van der Waals surface area contributed by atoms with Crippen LogP contribution in [0.5, 0.6) is 0 Å². The molecule has 1 aromatic rings. The molecule has 1 heterocycles. The zero-order valence-corrected chi connectivity index (χ0v) is 12.4. The normalized spacial score (nSPS) is 25.2. The smallest absolute Gasteiger partial charge is 0.224 e. The van der Waals surface area contributed by atoms with Crippen LogP contribution in [-0.2, 0) is 4.79 Å². The zero-order valence-electron chi connectivity index (χ0n) is 12.4. The largest absolute Gasteiger partial charge is 0.349 e. The fraction of sp³-hybridized carbons (Fsp3) is 0.588. The minimum absolute atomic E-state index is 0.0989. The highest BCUT2D eigenvalue weighted by atomic mass is 16.2. The molecule has 0 bridgehead atoms. The maximum Gasteiger partial charge on any atom is 0.224 e. The van der Waals surface area contributed by atoms with Gasteiger partial charge in [0.15, 0.2) is 0 Å². The lowest BCUT2D eigenvalue weighted by atomic mass is 9.91. The average molecular weight is 272 g/mol. The Morgan fingerprint density at radius 3 is 2.85 bits per heavy atom. The Morgan fingerprint density at radius 2 is 2.15 bits per heavy atom. The van der Waals surface area contributed by atoms with E-state index in [9.17, 15) is 4.79 Å². The van der Waals surface area contributed by atoms with Crippen LogP contribution in [-0.4, -0.2) is 19.0 Å². The van der Waals surface area contributed by atoms with Crippen LogP contribution in [0.3, 0.4) is 0 Å². The van der Waals surface area contributed by atoms with E-state index in [4.69, 9.17) is 0 Å². The number of rotatable bonds is 3.